The topological polar surface area (TPSA) is 56.8 Å². The fourth-order valence-electron chi connectivity index (χ4n) is 2.48. The number of carbonyl (C=O) groups is 1. The van der Waals surface area contributed by atoms with E-state index in [4.69, 9.17) is 49.0 Å². The lowest BCUT2D eigenvalue weighted by atomic mass is 10.1. The molecule has 0 saturated carbocycles. The smallest absolute Gasteiger partial charge is 0.344 e. The average molecular weight is 389 g/mol. The average Bonchev–Trinajstić information content (AvgIpc) is 2.87. The molecule has 2 aromatic rings. The summed E-state index contributed by atoms with van der Waals surface area (Å²) in [5.41, 5.74) is 1.41. The Labute approximate surface area is 153 Å². The summed E-state index contributed by atoms with van der Waals surface area (Å²) in [4.78, 5) is 12.2. The molecular weight excluding hydrogens is 377 g/mol. The van der Waals surface area contributed by atoms with Gasteiger partial charge in [-0.15, -0.1) is 0 Å². The van der Waals surface area contributed by atoms with E-state index >= 15 is 0 Å². The van der Waals surface area contributed by atoms with Gasteiger partial charge < -0.3 is 19.5 Å². The van der Waals surface area contributed by atoms with Crippen LogP contribution in [-0.4, -0.2) is 20.2 Å². The highest BCUT2D eigenvalue weighted by Crippen LogP contribution is 2.43. The number of halogens is 3. The summed E-state index contributed by atoms with van der Waals surface area (Å²) >= 11 is 18.1. The number of carbonyl (C=O) groups excluding carboxylic acids is 1. The standard InChI is InChI=1S/C16H12Cl3NO4/c1-22-12-4-3-7-13(14(12)23-2)16(21)24-15(7)20-11-6-9(18)8(17)5-10(11)19/h3-6,15,20H,1-2H3. The fraction of sp³-hybridized carbons (Fsp3) is 0.188. The highest BCUT2D eigenvalue weighted by molar-refractivity contribution is 6.44. The molecule has 1 N–H and O–H groups in total. The van der Waals surface area contributed by atoms with Crippen molar-refractivity contribution < 1.29 is 19.0 Å². The molecule has 8 heteroatoms. The van der Waals surface area contributed by atoms with Crippen molar-refractivity contribution in [2.24, 2.45) is 0 Å². The van der Waals surface area contributed by atoms with Gasteiger partial charge in [-0.25, -0.2) is 4.79 Å². The summed E-state index contributed by atoms with van der Waals surface area (Å²) in [7, 11) is 2.96. The predicted octanol–water partition coefficient (Wildman–Crippen LogP) is 4.95. The van der Waals surface area contributed by atoms with Crippen LogP contribution >= 0.6 is 34.8 Å². The second-order valence-corrected chi connectivity index (χ2v) is 6.16. The monoisotopic (exact) mass is 387 g/mol. The number of methoxy groups -OCH3 is 2. The molecule has 126 valence electrons. The van der Waals surface area contributed by atoms with Gasteiger partial charge in [-0.2, -0.15) is 0 Å². The Morgan fingerprint density at radius 1 is 1.04 bits per heavy atom. The van der Waals surface area contributed by atoms with Crippen LogP contribution in [-0.2, 0) is 4.74 Å². The van der Waals surface area contributed by atoms with Crippen molar-refractivity contribution in [3.8, 4) is 11.5 Å². The maximum Gasteiger partial charge on any atom is 0.344 e. The first-order chi connectivity index (χ1) is 11.5. The first-order valence-electron chi connectivity index (χ1n) is 6.83. The number of hydrogen-bond acceptors (Lipinski definition) is 5. The maximum atomic E-state index is 12.2. The molecule has 0 radical (unpaired) electrons. The summed E-state index contributed by atoms with van der Waals surface area (Å²) < 4.78 is 15.9. The number of benzene rings is 2. The number of nitrogens with one attached hydrogen (secondary N) is 1. The Bertz CT molecular complexity index is 825. The third-order valence-electron chi connectivity index (χ3n) is 3.59. The zero-order chi connectivity index (χ0) is 17.4. The van der Waals surface area contributed by atoms with Gasteiger partial charge in [0.25, 0.3) is 0 Å². The second-order valence-electron chi connectivity index (χ2n) is 4.94. The zero-order valence-corrected chi connectivity index (χ0v) is 14.9. The van der Waals surface area contributed by atoms with E-state index in [-0.39, 0.29) is 0 Å². The van der Waals surface area contributed by atoms with E-state index in [1.807, 2.05) is 0 Å². The first kappa shape index (κ1) is 17.0. The second kappa shape index (κ2) is 6.59. The highest BCUT2D eigenvalue weighted by atomic mass is 35.5. The molecular formula is C16H12Cl3NO4. The largest absolute Gasteiger partial charge is 0.493 e. The van der Waals surface area contributed by atoms with Gasteiger partial charge in [0.2, 0.25) is 6.23 Å². The van der Waals surface area contributed by atoms with Crippen molar-refractivity contribution in [1.29, 1.82) is 0 Å². The molecule has 1 unspecified atom stereocenters. The van der Waals surface area contributed by atoms with Gasteiger partial charge in [0.1, 0.15) is 5.56 Å². The molecule has 0 saturated heterocycles. The molecule has 24 heavy (non-hydrogen) atoms. The van der Waals surface area contributed by atoms with Gasteiger partial charge in [0, 0.05) is 5.56 Å². The van der Waals surface area contributed by atoms with Gasteiger partial charge in [-0.3, -0.25) is 0 Å². The van der Waals surface area contributed by atoms with E-state index in [0.717, 1.165) is 0 Å². The molecule has 0 aliphatic carbocycles. The van der Waals surface area contributed by atoms with Crippen LogP contribution in [0.25, 0.3) is 0 Å². The number of anilines is 1. The summed E-state index contributed by atoms with van der Waals surface area (Å²) in [5, 5.41) is 4.06. The van der Waals surface area contributed by atoms with E-state index in [1.165, 1.54) is 20.3 Å². The van der Waals surface area contributed by atoms with Crippen LogP contribution in [0.2, 0.25) is 15.1 Å². The quantitative estimate of drug-likeness (QED) is 0.593. The van der Waals surface area contributed by atoms with E-state index in [9.17, 15) is 4.79 Å². The van der Waals surface area contributed by atoms with Crippen molar-refractivity contribution in [1.82, 2.24) is 0 Å². The van der Waals surface area contributed by atoms with Crippen LogP contribution in [0.1, 0.15) is 22.1 Å². The lowest BCUT2D eigenvalue weighted by molar-refractivity contribution is 0.0435. The molecule has 0 bridgehead atoms. The van der Waals surface area contributed by atoms with Crippen molar-refractivity contribution in [3.63, 3.8) is 0 Å². The summed E-state index contributed by atoms with van der Waals surface area (Å²) in [6.45, 7) is 0. The first-order valence-corrected chi connectivity index (χ1v) is 7.96. The van der Waals surface area contributed by atoms with Crippen LogP contribution in [0.4, 0.5) is 5.69 Å². The minimum atomic E-state index is -0.734. The Hall–Kier alpha value is -1.82. The minimum absolute atomic E-state index is 0.311. The maximum absolute atomic E-state index is 12.2. The van der Waals surface area contributed by atoms with E-state index in [2.05, 4.69) is 5.32 Å². The molecule has 1 aliphatic rings. The van der Waals surface area contributed by atoms with Gasteiger partial charge in [-0.05, 0) is 24.3 Å². The molecule has 0 fully saturated rings. The van der Waals surface area contributed by atoms with E-state index < -0.39 is 12.2 Å². The van der Waals surface area contributed by atoms with Crippen LogP contribution in [0.15, 0.2) is 24.3 Å². The van der Waals surface area contributed by atoms with Crippen LogP contribution in [0.5, 0.6) is 11.5 Å². The number of rotatable bonds is 4. The van der Waals surface area contributed by atoms with Crippen molar-refractivity contribution in [3.05, 3.63) is 50.5 Å². The van der Waals surface area contributed by atoms with Gasteiger partial charge in [-0.1, -0.05) is 34.8 Å². The molecule has 0 spiro atoms. The Kier molecular flexibility index (Phi) is 4.67. The SMILES string of the molecule is COc1ccc2c(c1OC)C(=O)OC2Nc1cc(Cl)c(Cl)cc1Cl. The normalized spacial score (nSPS) is 15.7. The molecule has 2 aromatic carbocycles. The number of ether oxygens (including phenoxy) is 3. The lowest BCUT2D eigenvalue weighted by Crippen LogP contribution is -2.10. The molecule has 5 nitrogen and oxygen atoms in total. The minimum Gasteiger partial charge on any atom is -0.493 e. The Balaban J connectivity index is 2.00. The number of esters is 1. The van der Waals surface area contributed by atoms with Gasteiger partial charge >= 0.3 is 5.97 Å². The fourth-order valence-corrected chi connectivity index (χ4v) is 3.08. The third-order valence-corrected chi connectivity index (χ3v) is 4.62. The molecule has 1 heterocycles. The summed E-state index contributed by atoms with van der Waals surface area (Å²) in [6, 6.07) is 6.51. The Morgan fingerprint density at radius 2 is 1.75 bits per heavy atom. The summed E-state index contributed by atoms with van der Waals surface area (Å²) in [6.07, 6.45) is -0.734. The number of hydrogen-bond donors (Lipinski definition) is 1. The predicted molar refractivity (Wildman–Crippen MR) is 92.8 cm³/mol. The highest BCUT2D eigenvalue weighted by Gasteiger charge is 2.36. The van der Waals surface area contributed by atoms with Crippen LogP contribution in [0.3, 0.4) is 0 Å². The van der Waals surface area contributed by atoms with E-state index in [0.29, 0.717) is 43.4 Å². The molecule has 0 amide bonds. The van der Waals surface area contributed by atoms with Gasteiger partial charge in [0.15, 0.2) is 11.5 Å². The van der Waals surface area contributed by atoms with Crippen molar-refractivity contribution in [2.45, 2.75) is 6.23 Å². The van der Waals surface area contributed by atoms with Crippen LogP contribution < -0.4 is 14.8 Å². The number of cyclic esters (lactones) is 1. The van der Waals surface area contributed by atoms with Crippen molar-refractivity contribution in [2.75, 3.05) is 19.5 Å². The van der Waals surface area contributed by atoms with E-state index in [1.54, 1.807) is 18.2 Å². The lowest BCUT2D eigenvalue weighted by Gasteiger charge is -2.16. The van der Waals surface area contributed by atoms with Crippen LogP contribution in [0, 0.1) is 0 Å². The third kappa shape index (κ3) is 2.83. The molecule has 1 atom stereocenters. The molecule has 0 aromatic heterocycles. The number of fused-ring (bicyclic) bond motifs is 1. The van der Waals surface area contributed by atoms with Crippen molar-refractivity contribution >= 4 is 46.5 Å². The Morgan fingerprint density at radius 3 is 2.42 bits per heavy atom. The molecule has 1 aliphatic heterocycles. The zero-order valence-electron chi connectivity index (χ0n) is 12.7. The summed E-state index contributed by atoms with van der Waals surface area (Å²) in [5.74, 6) is 0.250. The van der Waals surface area contributed by atoms with Gasteiger partial charge in [0.05, 0.1) is 35.0 Å². The molecule has 3 rings (SSSR count).